The van der Waals surface area contributed by atoms with Crippen molar-refractivity contribution in [2.75, 3.05) is 13.2 Å². The Morgan fingerprint density at radius 3 is 2.33 bits per heavy atom. The lowest BCUT2D eigenvalue weighted by molar-refractivity contribution is 0.0497. The molecule has 0 atom stereocenters. The van der Waals surface area contributed by atoms with Crippen LogP contribution in [0, 0.1) is 0 Å². The van der Waals surface area contributed by atoms with E-state index in [2.05, 4.69) is 4.98 Å². The summed E-state index contributed by atoms with van der Waals surface area (Å²) in [4.78, 5) is 27.0. The van der Waals surface area contributed by atoms with Gasteiger partial charge in [-0.3, -0.25) is 0 Å². The summed E-state index contributed by atoms with van der Waals surface area (Å²) < 4.78 is 9.91. The minimum atomic E-state index is -0.526. The molecule has 0 aliphatic rings. The van der Waals surface area contributed by atoms with E-state index in [-0.39, 0.29) is 5.69 Å². The number of ether oxygens (including phenoxy) is 2. The van der Waals surface area contributed by atoms with E-state index in [0.29, 0.717) is 18.8 Å². The van der Waals surface area contributed by atoms with Crippen LogP contribution >= 0.6 is 0 Å². The van der Waals surface area contributed by atoms with Crippen LogP contribution in [0.15, 0.2) is 18.3 Å². The Hall–Kier alpha value is -1.91. The Bertz CT molecular complexity index is 382. The maximum absolute atomic E-state index is 11.6. The fraction of sp³-hybridized carbons (Fsp3) is 0.462. The molecule has 1 heterocycles. The van der Waals surface area contributed by atoms with Crippen LogP contribution in [0.5, 0.6) is 0 Å². The zero-order valence-corrected chi connectivity index (χ0v) is 10.6. The first-order valence-electron chi connectivity index (χ1n) is 5.99. The maximum Gasteiger partial charge on any atom is 0.356 e. The van der Waals surface area contributed by atoms with E-state index >= 15 is 0 Å². The zero-order valence-electron chi connectivity index (χ0n) is 10.6. The molecule has 0 fully saturated rings. The molecular formula is C13H17NO4. The second-order valence-corrected chi connectivity index (χ2v) is 3.70. The summed E-state index contributed by atoms with van der Waals surface area (Å²) >= 11 is 0. The third-order valence-corrected chi connectivity index (χ3v) is 2.08. The molecule has 0 radical (unpaired) electrons. The Kier molecular flexibility index (Phi) is 5.84. The third-order valence-electron chi connectivity index (χ3n) is 2.08. The van der Waals surface area contributed by atoms with Crippen LogP contribution < -0.4 is 0 Å². The van der Waals surface area contributed by atoms with Crippen molar-refractivity contribution in [3.63, 3.8) is 0 Å². The van der Waals surface area contributed by atoms with E-state index in [0.717, 1.165) is 12.8 Å². The van der Waals surface area contributed by atoms with Crippen LogP contribution in [0.25, 0.3) is 0 Å². The van der Waals surface area contributed by atoms with Crippen LogP contribution in [0.2, 0.25) is 0 Å². The van der Waals surface area contributed by atoms with Gasteiger partial charge in [-0.15, -0.1) is 0 Å². The summed E-state index contributed by atoms with van der Waals surface area (Å²) in [5.41, 5.74) is 0.427. The fourth-order valence-corrected chi connectivity index (χ4v) is 1.22. The van der Waals surface area contributed by atoms with Crippen molar-refractivity contribution in [3.05, 3.63) is 29.6 Å². The van der Waals surface area contributed by atoms with Crippen LogP contribution in [0.1, 0.15) is 47.5 Å². The van der Waals surface area contributed by atoms with Crippen molar-refractivity contribution in [1.82, 2.24) is 4.98 Å². The summed E-state index contributed by atoms with van der Waals surface area (Å²) in [7, 11) is 0. The van der Waals surface area contributed by atoms with Gasteiger partial charge in [0, 0.05) is 6.20 Å². The maximum atomic E-state index is 11.6. The molecular weight excluding hydrogens is 234 g/mol. The summed E-state index contributed by atoms with van der Waals surface area (Å²) in [6.45, 7) is 4.51. The van der Waals surface area contributed by atoms with E-state index in [1.807, 2.05) is 13.8 Å². The SMILES string of the molecule is CCCOC(=O)c1ccnc(C(=O)OCCC)c1. The predicted octanol–water partition coefficient (Wildman–Crippen LogP) is 2.22. The zero-order chi connectivity index (χ0) is 13.4. The first kappa shape index (κ1) is 14.2. The van der Waals surface area contributed by atoms with Crippen molar-refractivity contribution in [3.8, 4) is 0 Å². The average Bonchev–Trinajstić information content (AvgIpc) is 2.42. The van der Waals surface area contributed by atoms with E-state index in [9.17, 15) is 9.59 Å². The van der Waals surface area contributed by atoms with Crippen molar-refractivity contribution in [1.29, 1.82) is 0 Å². The summed E-state index contributed by atoms with van der Waals surface area (Å²) in [6.07, 6.45) is 2.89. The molecule has 1 rings (SSSR count). The lowest BCUT2D eigenvalue weighted by atomic mass is 10.2. The molecule has 1 aromatic rings. The molecule has 98 valence electrons. The van der Waals surface area contributed by atoms with Gasteiger partial charge in [0.15, 0.2) is 0 Å². The van der Waals surface area contributed by atoms with Gasteiger partial charge in [0.1, 0.15) is 5.69 Å². The molecule has 0 amide bonds. The highest BCUT2D eigenvalue weighted by atomic mass is 16.5. The Labute approximate surface area is 106 Å². The molecule has 18 heavy (non-hydrogen) atoms. The van der Waals surface area contributed by atoms with Gasteiger partial charge in [-0.2, -0.15) is 0 Å². The van der Waals surface area contributed by atoms with E-state index in [1.165, 1.54) is 18.3 Å². The number of carbonyl (C=O) groups excluding carboxylic acids is 2. The molecule has 0 bridgehead atoms. The van der Waals surface area contributed by atoms with Gasteiger partial charge in [0.05, 0.1) is 18.8 Å². The lowest BCUT2D eigenvalue weighted by Gasteiger charge is -2.05. The highest BCUT2D eigenvalue weighted by Gasteiger charge is 2.13. The van der Waals surface area contributed by atoms with Gasteiger partial charge in [-0.1, -0.05) is 13.8 Å². The first-order chi connectivity index (χ1) is 8.69. The molecule has 0 aliphatic heterocycles. The Morgan fingerprint density at radius 1 is 1.11 bits per heavy atom. The molecule has 0 aromatic carbocycles. The number of rotatable bonds is 6. The number of hydrogen-bond acceptors (Lipinski definition) is 5. The number of aromatic nitrogens is 1. The van der Waals surface area contributed by atoms with E-state index in [4.69, 9.17) is 9.47 Å². The van der Waals surface area contributed by atoms with Crippen molar-refractivity contribution in [2.24, 2.45) is 0 Å². The van der Waals surface area contributed by atoms with Gasteiger partial charge >= 0.3 is 11.9 Å². The number of pyridine rings is 1. The summed E-state index contributed by atoms with van der Waals surface area (Å²) in [5, 5.41) is 0. The molecule has 0 spiro atoms. The summed E-state index contributed by atoms with van der Waals surface area (Å²) in [5.74, 6) is -0.981. The predicted molar refractivity (Wildman–Crippen MR) is 65.4 cm³/mol. The smallest absolute Gasteiger partial charge is 0.356 e. The van der Waals surface area contributed by atoms with Crippen molar-refractivity contribution < 1.29 is 19.1 Å². The molecule has 0 N–H and O–H groups in total. The highest BCUT2D eigenvalue weighted by Crippen LogP contribution is 2.06. The Morgan fingerprint density at radius 2 is 1.72 bits per heavy atom. The molecule has 1 aromatic heterocycles. The van der Waals surface area contributed by atoms with Crippen LogP contribution in [-0.2, 0) is 9.47 Å². The highest BCUT2D eigenvalue weighted by molar-refractivity contribution is 5.93. The average molecular weight is 251 g/mol. The minimum Gasteiger partial charge on any atom is -0.462 e. The van der Waals surface area contributed by atoms with Crippen LogP contribution in [-0.4, -0.2) is 30.1 Å². The summed E-state index contributed by atoms with van der Waals surface area (Å²) in [6, 6.07) is 2.89. The van der Waals surface area contributed by atoms with E-state index < -0.39 is 11.9 Å². The minimum absolute atomic E-state index is 0.120. The quantitative estimate of drug-likeness (QED) is 0.725. The van der Waals surface area contributed by atoms with Gasteiger partial charge in [-0.25, -0.2) is 14.6 Å². The van der Waals surface area contributed by atoms with Gasteiger partial charge < -0.3 is 9.47 Å². The van der Waals surface area contributed by atoms with Crippen molar-refractivity contribution >= 4 is 11.9 Å². The Balaban J connectivity index is 2.72. The first-order valence-corrected chi connectivity index (χ1v) is 5.99. The largest absolute Gasteiger partial charge is 0.462 e. The van der Waals surface area contributed by atoms with Gasteiger partial charge in [0.2, 0.25) is 0 Å². The van der Waals surface area contributed by atoms with Gasteiger partial charge in [0.25, 0.3) is 0 Å². The lowest BCUT2D eigenvalue weighted by Crippen LogP contribution is -2.11. The number of carbonyl (C=O) groups is 2. The van der Waals surface area contributed by atoms with E-state index in [1.54, 1.807) is 0 Å². The monoisotopic (exact) mass is 251 g/mol. The topological polar surface area (TPSA) is 65.5 Å². The van der Waals surface area contributed by atoms with Crippen LogP contribution in [0.3, 0.4) is 0 Å². The standard InChI is InChI=1S/C13H17NO4/c1-3-7-17-12(15)10-5-6-14-11(9-10)13(16)18-8-4-2/h5-6,9H,3-4,7-8H2,1-2H3. The second kappa shape index (κ2) is 7.42. The normalized spacial score (nSPS) is 9.89. The number of hydrogen-bond donors (Lipinski definition) is 0. The second-order valence-electron chi connectivity index (χ2n) is 3.70. The molecule has 0 unspecified atom stereocenters. The number of nitrogens with zero attached hydrogens (tertiary/aromatic N) is 1. The van der Waals surface area contributed by atoms with Gasteiger partial charge in [-0.05, 0) is 25.0 Å². The molecule has 0 saturated heterocycles. The molecule has 5 heteroatoms. The van der Waals surface area contributed by atoms with Crippen LogP contribution in [0.4, 0.5) is 0 Å². The fourth-order valence-electron chi connectivity index (χ4n) is 1.22. The molecule has 0 aliphatic carbocycles. The molecule has 5 nitrogen and oxygen atoms in total. The van der Waals surface area contributed by atoms with Crippen molar-refractivity contribution in [2.45, 2.75) is 26.7 Å². The third kappa shape index (κ3) is 4.16. The number of esters is 2. The molecule has 0 saturated carbocycles.